The smallest absolute Gasteiger partial charge is 0.141 e. The molecule has 1 aromatic carbocycles. The quantitative estimate of drug-likeness (QED) is 0.449. The summed E-state index contributed by atoms with van der Waals surface area (Å²) in [6.45, 7) is 0. The van der Waals surface area contributed by atoms with E-state index >= 15 is 0 Å². The Morgan fingerprint density at radius 2 is 1.41 bits per heavy atom. The SMILES string of the molecule is Fc1ccc(C2CCC(CCC3CC[SiH](Cl)CC3)CC2)cc1. The Hall–Kier alpha value is -0.343. The first-order valence-corrected chi connectivity index (χ1v) is 12.5. The average Bonchev–Trinajstić information content (AvgIpc) is 2.56. The molecule has 2 aliphatic rings. The van der Waals surface area contributed by atoms with Gasteiger partial charge in [-0.3, -0.25) is 0 Å². The highest BCUT2D eigenvalue weighted by Gasteiger charge is 2.25. The zero-order valence-electron chi connectivity index (χ0n) is 13.4. The van der Waals surface area contributed by atoms with Gasteiger partial charge < -0.3 is 0 Å². The lowest BCUT2D eigenvalue weighted by atomic mass is 9.76. The normalized spacial score (nSPS) is 32.8. The van der Waals surface area contributed by atoms with E-state index in [1.165, 1.54) is 69.0 Å². The van der Waals surface area contributed by atoms with Gasteiger partial charge in [0.15, 0.2) is 0 Å². The van der Waals surface area contributed by atoms with Crippen LogP contribution in [0.3, 0.4) is 0 Å². The second-order valence-electron chi connectivity index (χ2n) is 7.46. The summed E-state index contributed by atoms with van der Waals surface area (Å²) in [7, 11) is -0.794. The standard InChI is InChI=1S/C19H28ClFSi/c20-22-13-11-16(12-14-22)2-1-15-3-5-17(6-4-15)18-7-9-19(21)10-8-18/h7-10,15-17,22H,1-6,11-14H2. The molecule has 3 rings (SSSR count). The van der Waals surface area contributed by atoms with Crippen LogP contribution in [0.5, 0.6) is 0 Å². The van der Waals surface area contributed by atoms with E-state index in [2.05, 4.69) is 0 Å². The van der Waals surface area contributed by atoms with Gasteiger partial charge in [0.2, 0.25) is 0 Å². The third-order valence-electron chi connectivity index (χ3n) is 5.95. The first-order chi connectivity index (χ1) is 10.7. The van der Waals surface area contributed by atoms with Gasteiger partial charge in [-0.15, -0.1) is 0 Å². The van der Waals surface area contributed by atoms with Crippen LogP contribution in [0.1, 0.15) is 62.8 Å². The minimum absolute atomic E-state index is 0.118. The predicted molar refractivity (Wildman–Crippen MR) is 95.7 cm³/mol. The molecule has 0 nitrogen and oxygen atoms in total. The van der Waals surface area contributed by atoms with Crippen molar-refractivity contribution in [2.75, 3.05) is 0 Å². The monoisotopic (exact) mass is 338 g/mol. The molecule has 3 heteroatoms. The molecule has 1 aliphatic carbocycles. The zero-order chi connectivity index (χ0) is 15.4. The van der Waals surface area contributed by atoms with Gasteiger partial charge in [0.05, 0.1) is 0 Å². The minimum atomic E-state index is -0.794. The maximum atomic E-state index is 13.0. The molecule has 0 N–H and O–H groups in total. The van der Waals surface area contributed by atoms with Crippen LogP contribution in [0.4, 0.5) is 4.39 Å². The Labute approximate surface area is 140 Å². The molecule has 0 unspecified atom stereocenters. The van der Waals surface area contributed by atoms with Crippen molar-refractivity contribution in [3.8, 4) is 0 Å². The summed E-state index contributed by atoms with van der Waals surface area (Å²) in [5.74, 6) is 2.45. The lowest BCUT2D eigenvalue weighted by molar-refractivity contribution is 0.280. The summed E-state index contributed by atoms with van der Waals surface area (Å²) in [5.41, 5.74) is 1.34. The van der Waals surface area contributed by atoms with Crippen LogP contribution >= 0.6 is 11.1 Å². The molecule has 1 saturated carbocycles. The summed E-state index contributed by atoms with van der Waals surface area (Å²) in [6.07, 6.45) is 11.0. The van der Waals surface area contributed by atoms with Crippen molar-refractivity contribution in [3.63, 3.8) is 0 Å². The van der Waals surface area contributed by atoms with Crippen LogP contribution in [0, 0.1) is 17.7 Å². The number of hydrogen-bond acceptors (Lipinski definition) is 0. The van der Waals surface area contributed by atoms with Gasteiger partial charge in [-0.05, 0) is 73.2 Å². The Morgan fingerprint density at radius 3 is 2.00 bits per heavy atom. The molecular weight excluding hydrogens is 311 g/mol. The van der Waals surface area contributed by atoms with Gasteiger partial charge in [-0.25, -0.2) is 4.39 Å². The Bertz CT molecular complexity index is 445. The minimum Gasteiger partial charge on any atom is -0.207 e. The first-order valence-electron chi connectivity index (χ1n) is 9.10. The molecule has 0 spiro atoms. The first kappa shape index (κ1) is 16.5. The van der Waals surface area contributed by atoms with Crippen molar-refractivity contribution in [2.24, 2.45) is 11.8 Å². The predicted octanol–water partition coefficient (Wildman–Crippen LogP) is 6.25. The molecule has 1 aromatic rings. The molecule has 0 bridgehead atoms. The molecular formula is C19H28ClFSi. The third-order valence-corrected chi connectivity index (χ3v) is 9.18. The molecule has 1 heterocycles. The third kappa shape index (κ3) is 4.58. The van der Waals surface area contributed by atoms with Crippen LogP contribution in [0.25, 0.3) is 0 Å². The highest BCUT2D eigenvalue weighted by Crippen LogP contribution is 2.39. The van der Waals surface area contributed by atoms with E-state index in [1.54, 1.807) is 12.1 Å². The van der Waals surface area contributed by atoms with E-state index in [-0.39, 0.29) is 5.82 Å². The van der Waals surface area contributed by atoms with Crippen molar-refractivity contribution >= 4 is 19.2 Å². The number of benzene rings is 1. The Morgan fingerprint density at radius 1 is 0.864 bits per heavy atom. The molecule has 0 amide bonds. The lowest BCUT2D eigenvalue weighted by Gasteiger charge is -2.31. The Kier molecular flexibility index (Phi) is 5.98. The molecule has 122 valence electrons. The van der Waals surface area contributed by atoms with E-state index in [0.717, 1.165) is 11.8 Å². The van der Waals surface area contributed by atoms with E-state index in [1.807, 2.05) is 12.1 Å². The maximum Gasteiger partial charge on any atom is 0.141 e. The van der Waals surface area contributed by atoms with E-state index in [0.29, 0.717) is 5.92 Å². The van der Waals surface area contributed by atoms with Crippen molar-refractivity contribution < 1.29 is 4.39 Å². The number of rotatable bonds is 4. The largest absolute Gasteiger partial charge is 0.207 e. The topological polar surface area (TPSA) is 0 Å². The summed E-state index contributed by atoms with van der Waals surface area (Å²) in [6, 6.07) is 9.91. The van der Waals surface area contributed by atoms with Crippen LogP contribution in [0.2, 0.25) is 12.1 Å². The number of hydrogen-bond donors (Lipinski definition) is 0. The molecule has 0 aromatic heterocycles. The number of halogens is 2. The fourth-order valence-corrected chi connectivity index (χ4v) is 7.11. The highest BCUT2D eigenvalue weighted by molar-refractivity contribution is 7.07. The summed E-state index contributed by atoms with van der Waals surface area (Å²) in [4.78, 5) is 0. The zero-order valence-corrected chi connectivity index (χ0v) is 15.4. The van der Waals surface area contributed by atoms with Crippen LogP contribution < -0.4 is 0 Å². The second kappa shape index (κ2) is 7.96. The molecule has 2 fully saturated rings. The fraction of sp³-hybridized carbons (Fsp3) is 0.684. The molecule has 0 atom stereocenters. The molecule has 0 radical (unpaired) electrons. The van der Waals surface area contributed by atoms with Gasteiger partial charge in [-0.1, -0.05) is 37.8 Å². The van der Waals surface area contributed by atoms with Gasteiger partial charge in [0.25, 0.3) is 0 Å². The van der Waals surface area contributed by atoms with Crippen LogP contribution in [-0.2, 0) is 0 Å². The summed E-state index contributed by atoms with van der Waals surface area (Å²) < 4.78 is 13.0. The van der Waals surface area contributed by atoms with Crippen molar-refractivity contribution in [1.82, 2.24) is 0 Å². The molecule has 22 heavy (non-hydrogen) atoms. The van der Waals surface area contributed by atoms with Gasteiger partial charge >= 0.3 is 0 Å². The van der Waals surface area contributed by atoms with Gasteiger partial charge in [0.1, 0.15) is 13.9 Å². The summed E-state index contributed by atoms with van der Waals surface area (Å²) in [5, 5.41) is 0. The van der Waals surface area contributed by atoms with E-state index in [4.69, 9.17) is 11.1 Å². The van der Waals surface area contributed by atoms with E-state index in [9.17, 15) is 4.39 Å². The Balaban J connectivity index is 1.39. The fourth-order valence-electron chi connectivity index (χ4n) is 4.40. The molecule has 1 aliphatic heterocycles. The average molecular weight is 339 g/mol. The molecule has 1 saturated heterocycles. The van der Waals surface area contributed by atoms with Crippen molar-refractivity contribution in [3.05, 3.63) is 35.6 Å². The maximum absolute atomic E-state index is 13.0. The van der Waals surface area contributed by atoms with Crippen LogP contribution in [-0.4, -0.2) is 8.11 Å². The van der Waals surface area contributed by atoms with Gasteiger partial charge in [0, 0.05) is 0 Å². The second-order valence-corrected chi connectivity index (χ2v) is 11.7. The summed E-state index contributed by atoms with van der Waals surface area (Å²) >= 11 is 6.33. The van der Waals surface area contributed by atoms with Gasteiger partial charge in [-0.2, -0.15) is 11.1 Å². The van der Waals surface area contributed by atoms with E-state index < -0.39 is 8.11 Å². The van der Waals surface area contributed by atoms with Crippen LogP contribution in [0.15, 0.2) is 24.3 Å². The highest BCUT2D eigenvalue weighted by atomic mass is 35.6. The van der Waals surface area contributed by atoms with Crippen molar-refractivity contribution in [2.45, 2.75) is 69.4 Å². The van der Waals surface area contributed by atoms with Crippen molar-refractivity contribution in [1.29, 1.82) is 0 Å². The lowest BCUT2D eigenvalue weighted by Crippen LogP contribution is -2.18.